The molecule has 0 bridgehead atoms. The highest BCUT2D eigenvalue weighted by molar-refractivity contribution is 5.94. The van der Waals surface area contributed by atoms with Crippen LogP contribution < -0.4 is 0 Å². The van der Waals surface area contributed by atoms with Crippen LogP contribution in [0.1, 0.15) is 30.6 Å². The molecule has 3 rings (SSSR count). The van der Waals surface area contributed by atoms with Crippen molar-refractivity contribution in [1.29, 1.82) is 5.26 Å². The normalized spacial score (nSPS) is 15.8. The zero-order valence-electron chi connectivity index (χ0n) is 14.0. The Kier molecular flexibility index (Phi) is 4.57. The van der Waals surface area contributed by atoms with Gasteiger partial charge in [-0.05, 0) is 18.6 Å². The summed E-state index contributed by atoms with van der Waals surface area (Å²) in [4.78, 5) is 29.0. The lowest BCUT2D eigenvalue weighted by molar-refractivity contribution is -0.151. The zero-order chi connectivity index (χ0) is 18.0. The number of carbonyl (C=O) groups is 1. The molecule has 0 radical (unpaired) electrons. The smallest absolute Gasteiger partial charge is 0.308 e. The van der Waals surface area contributed by atoms with E-state index in [4.69, 9.17) is 9.57 Å². The third kappa shape index (κ3) is 2.58. The van der Waals surface area contributed by atoms with E-state index in [1.807, 2.05) is 30.2 Å². The minimum Gasteiger partial charge on any atom is -0.466 e. The number of nitrogens with zero attached hydrogens (tertiary/aromatic N) is 3. The number of hydrogen-bond acceptors (Lipinski definition) is 6. The SMILES string of the molecule is CCOC(=O)CC1c2c(CC#N)c3ccccc3n2C(=C=O)N1OC. The topological polar surface area (TPSA) is 84.6 Å². The molecule has 1 unspecified atom stereocenters. The molecule has 2 heterocycles. The number of benzene rings is 1. The maximum atomic E-state index is 12.1. The monoisotopic (exact) mass is 339 g/mol. The zero-order valence-corrected chi connectivity index (χ0v) is 14.0. The first-order valence-electron chi connectivity index (χ1n) is 7.91. The second kappa shape index (κ2) is 6.81. The van der Waals surface area contributed by atoms with Gasteiger partial charge in [0.2, 0.25) is 5.82 Å². The van der Waals surface area contributed by atoms with E-state index in [9.17, 15) is 14.9 Å². The van der Waals surface area contributed by atoms with Gasteiger partial charge in [-0.3, -0.25) is 14.2 Å². The fourth-order valence-electron chi connectivity index (χ4n) is 3.39. The van der Waals surface area contributed by atoms with Gasteiger partial charge in [0.1, 0.15) is 6.04 Å². The lowest BCUT2D eigenvalue weighted by Crippen LogP contribution is -2.24. The van der Waals surface area contributed by atoms with Crippen LogP contribution in [-0.4, -0.2) is 35.3 Å². The van der Waals surface area contributed by atoms with Crippen LogP contribution in [0.5, 0.6) is 0 Å². The van der Waals surface area contributed by atoms with Crippen LogP contribution in [0.25, 0.3) is 16.7 Å². The molecule has 2 aromatic rings. The van der Waals surface area contributed by atoms with E-state index in [-0.39, 0.29) is 25.3 Å². The number of para-hydroxylation sites is 1. The van der Waals surface area contributed by atoms with Gasteiger partial charge in [0, 0.05) is 5.39 Å². The van der Waals surface area contributed by atoms with Crippen molar-refractivity contribution in [2.75, 3.05) is 13.7 Å². The van der Waals surface area contributed by atoms with Gasteiger partial charge in [0.05, 0.1) is 43.8 Å². The van der Waals surface area contributed by atoms with E-state index in [0.29, 0.717) is 5.69 Å². The summed E-state index contributed by atoms with van der Waals surface area (Å²) in [5, 5.41) is 11.5. The molecule has 1 aromatic heterocycles. The molecule has 7 heteroatoms. The fourth-order valence-corrected chi connectivity index (χ4v) is 3.39. The standard InChI is InChI=1S/C18H17N3O4/c1-3-25-17(23)10-15-18-13(8-9-19)12-6-4-5-7-14(12)20(18)16(11-22)21(15)24-2/h4-7,15H,3,8,10H2,1-2H3. The van der Waals surface area contributed by atoms with Gasteiger partial charge in [-0.15, -0.1) is 0 Å². The van der Waals surface area contributed by atoms with E-state index in [0.717, 1.165) is 16.5 Å². The minimum atomic E-state index is -0.559. The molecule has 1 aromatic carbocycles. The Morgan fingerprint density at radius 2 is 2.12 bits per heavy atom. The first kappa shape index (κ1) is 16.8. The van der Waals surface area contributed by atoms with E-state index < -0.39 is 12.0 Å². The maximum Gasteiger partial charge on any atom is 0.308 e. The molecule has 1 aliphatic heterocycles. The van der Waals surface area contributed by atoms with E-state index in [2.05, 4.69) is 6.07 Å². The second-order valence-electron chi connectivity index (χ2n) is 5.51. The molecular formula is C18H17N3O4. The number of hydroxylamine groups is 2. The van der Waals surface area contributed by atoms with Crippen LogP contribution in [0.4, 0.5) is 0 Å². The number of nitriles is 1. The van der Waals surface area contributed by atoms with Crippen LogP contribution in [0, 0.1) is 11.3 Å². The fraction of sp³-hybridized carbons (Fsp3) is 0.333. The van der Waals surface area contributed by atoms with Crippen molar-refractivity contribution in [3.05, 3.63) is 35.5 Å². The summed E-state index contributed by atoms with van der Waals surface area (Å²) in [6.45, 7) is 2.00. The maximum absolute atomic E-state index is 12.1. The van der Waals surface area contributed by atoms with Crippen LogP contribution >= 0.6 is 0 Å². The van der Waals surface area contributed by atoms with Gasteiger partial charge < -0.3 is 4.74 Å². The first-order chi connectivity index (χ1) is 12.2. The van der Waals surface area contributed by atoms with Gasteiger partial charge in [-0.2, -0.15) is 5.26 Å². The Balaban J connectivity index is 2.25. The molecule has 1 aliphatic rings. The molecule has 1 atom stereocenters. The molecule has 0 spiro atoms. The summed E-state index contributed by atoms with van der Waals surface area (Å²) in [6, 6.07) is 9.08. The predicted octanol–water partition coefficient (Wildman–Crippen LogP) is 2.21. The number of ether oxygens (including phenoxy) is 1. The Morgan fingerprint density at radius 3 is 2.76 bits per heavy atom. The molecule has 0 saturated carbocycles. The van der Waals surface area contributed by atoms with Crippen molar-refractivity contribution in [3.8, 4) is 6.07 Å². The summed E-state index contributed by atoms with van der Waals surface area (Å²) in [5.41, 5.74) is 2.24. The number of rotatable bonds is 5. The predicted molar refractivity (Wildman–Crippen MR) is 89.5 cm³/mol. The largest absolute Gasteiger partial charge is 0.466 e. The number of carbonyl (C=O) groups excluding carboxylic acids is 2. The minimum absolute atomic E-state index is 0.00160. The number of hydrogen-bond donors (Lipinski definition) is 0. The molecule has 0 aliphatic carbocycles. The van der Waals surface area contributed by atoms with Gasteiger partial charge in [0.15, 0.2) is 5.94 Å². The van der Waals surface area contributed by atoms with Gasteiger partial charge in [-0.1, -0.05) is 18.2 Å². The quantitative estimate of drug-likeness (QED) is 0.613. The summed E-state index contributed by atoms with van der Waals surface area (Å²) < 4.78 is 6.76. The molecular weight excluding hydrogens is 322 g/mol. The van der Waals surface area contributed by atoms with Gasteiger partial charge in [0.25, 0.3) is 0 Å². The number of aromatic nitrogens is 1. The molecule has 25 heavy (non-hydrogen) atoms. The Hall–Kier alpha value is -3.07. The first-order valence-corrected chi connectivity index (χ1v) is 7.91. The Morgan fingerprint density at radius 1 is 1.36 bits per heavy atom. The highest BCUT2D eigenvalue weighted by Gasteiger charge is 2.41. The second-order valence-corrected chi connectivity index (χ2v) is 5.51. The van der Waals surface area contributed by atoms with Crippen molar-refractivity contribution in [2.45, 2.75) is 25.8 Å². The molecule has 7 nitrogen and oxygen atoms in total. The molecule has 0 saturated heterocycles. The highest BCUT2D eigenvalue weighted by Crippen LogP contribution is 2.44. The van der Waals surface area contributed by atoms with Gasteiger partial charge in [-0.25, -0.2) is 9.86 Å². The van der Waals surface area contributed by atoms with Crippen molar-refractivity contribution >= 4 is 28.6 Å². The van der Waals surface area contributed by atoms with Crippen molar-refractivity contribution in [3.63, 3.8) is 0 Å². The highest BCUT2D eigenvalue weighted by atomic mass is 16.7. The molecule has 0 amide bonds. The third-order valence-electron chi connectivity index (χ3n) is 4.25. The summed E-state index contributed by atoms with van der Waals surface area (Å²) in [7, 11) is 1.42. The van der Waals surface area contributed by atoms with Crippen molar-refractivity contribution in [1.82, 2.24) is 9.63 Å². The Bertz CT molecular complexity index is 918. The number of fused-ring (bicyclic) bond motifs is 3. The average Bonchev–Trinajstić information content (AvgIpc) is 3.09. The van der Waals surface area contributed by atoms with Crippen molar-refractivity contribution in [2.24, 2.45) is 0 Å². The lowest BCUT2D eigenvalue weighted by atomic mass is 10.0. The van der Waals surface area contributed by atoms with Crippen LogP contribution in [-0.2, 0) is 25.6 Å². The van der Waals surface area contributed by atoms with Crippen LogP contribution in [0.3, 0.4) is 0 Å². The Labute approximate surface area is 144 Å². The lowest BCUT2D eigenvalue weighted by Gasteiger charge is -2.22. The summed E-state index contributed by atoms with van der Waals surface area (Å²) in [5.74, 6) is 1.66. The van der Waals surface area contributed by atoms with Crippen LogP contribution in [0.15, 0.2) is 24.3 Å². The van der Waals surface area contributed by atoms with E-state index in [1.165, 1.54) is 12.2 Å². The van der Waals surface area contributed by atoms with Crippen LogP contribution in [0.2, 0.25) is 0 Å². The van der Waals surface area contributed by atoms with E-state index in [1.54, 1.807) is 11.5 Å². The summed E-state index contributed by atoms with van der Waals surface area (Å²) >= 11 is 0. The molecule has 128 valence electrons. The van der Waals surface area contributed by atoms with Gasteiger partial charge >= 0.3 is 5.97 Å². The average molecular weight is 339 g/mol. The third-order valence-corrected chi connectivity index (χ3v) is 4.25. The number of esters is 1. The van der Waals surface area contributed by atoms with Crippen molar-refractivity contribution < 1.29 is 19.2 Å². The molecule has 0 N–H and O–H groups in total. The summed E-state index contributed by atoms with van der Waals surface area (Å²) in [6.07, 6.45) is 0.160. The molecule has 0 fully saturated rings. The van der Waals surface area contributed by atoms with E-state index >= 15 is 0 Å².